The zero-order valence-corrected chi connectivity index (χ0v) is 13.3. The summed E-state index contributed by atoms with van der Waals surface area (Å²) in [6.07, 6.45) is -0.141. The molecule has 0 saturated carbocycles. The van der Waals surface area contributed by atoms with Crippen LogP contribution in [0.25, 0.3) is 0 Å². The summed E-state index contributed by atoms with van der Waals surface area (Å²) in [7, 11) is 0. The number of carboxylic acids is 1. The van der Waals surface area contributed by atoms with Crippen LogP contribution in [0.1, 0.15) is 35.6 Å². The van der Waals surface area contributed by atoms with Gasteiger partial charge in [0.25, 0.3) is 0 Å². The van der Waals surface area contributed by atoms with Gasteiger partial charge < -0.3 is 5.11 Å². The molecule has 0 bridgehead atoms. The Morgan fingerprint density at radius 2 is 2.00 bits per heavy atom. The number of benzene rings is 1. The van der Waals surface area contributed by atoms with Crippen LogP contribution in [0.2, 0.25) is 0 Å². The van der Waals surface area contributed by atoms with Crippen molar-refractivity contribution in [1.29, 1.82) is 0 Å². The molecule has 7 heteroatoms. The van der Waals surface area contributed by atoms with Crippen LogP contribution < -0.4 is 0 Å². The molecule has 0 spiro atoms. The number of rotatable bonds is 4. The molecule has 4 nitrogen and oxygen atoms in total. The van der Waals surface area contributed by atoms with Crippen LogP contribution in [0.5, 0.6) is 0 Å². The van der Waals surface area contributed by atoms with E-state index in [0.717, 1.165) is 12.1 Å². The molecule has 0 amide bonds. The molecule has 132 valence electrons. The second kappa shape index (κ2) is 6.84. The summed E-state index contributed by atoms with van der Waals surface area (Å²) >= 11 is 0. The molecule has 1 saturated heterocycles. The molecular weight excluding hydrogens is 333 g/mol. The van der Waals surface area contributed by atoms with Gasteiger partial charge in [-0.3, -0.25) is 14.7 Å². The Morgan fingerprint density at radius 1 is 1.24 bits per heavy atom. The molecule has 2 atom stereocenters. The highest BCUT2D eigenvalue weighted by Crippen LogP contribution is 2.37. The highest BCUT2D eigenvalue weighted by Gasteiger charge is 2.38. The number of likely N-dealkylation sites (tertiary alicyclic amines) is 1. The Balaban J connectivity index is 2.08. The SMILES string of the molecule is O=C(O)C1CCCN1C(c1cccnc1)c1cccc(C(F)(F)F)c1. The highest BCUT2D eigenvalue weighted by molar-refractivity contribution is 5.74. The standard InChI is InChI=1S/C18H17F3N2O2/c19-18(20,21)14-6-1-4-12(10-14)16(13-5-2-8-22-11-13)23-9-3-7-15(23)17(24)25/h1-2,4-6,8,10-11,15-16H,3,7,9H2,(H,24,25). The number of hydrogen-bond donors (Lipinski definition) is 1. The van der Waals surface area contributed by atoms with Crippen molar-refractivity contribution in [2.75, 3.05) is 6.54 Å². The van der Waals surface area contributed by atoms with E-state index in [1.165, 1.54) is 6.07 Å². The summed E-state index contributed by atoms with van der Waals surface area (Å²) in [5, 5.41) is 9.47. The fraction of sp³-hybridized carbons (Fsp3) is 0.333. The fourth-order valence-electron chi connectivity index (χ4n) is 3.36. The summed E-state index contributed by atoms with van der Waals surface area (Å²) in [5.41, 5.74) is 0.343. The number of carbonyl (C=O) groups is 1. The maximum Gasteiger partial charge on any atom is 0.416 e. The maximum absolute atomic E-state index is 13.1. The van der Waals surface area contributed by atoms with Gasteiger partial charge in [-0.05, 0) is 42.2 Å². The number of alkyl halides is 3. The van der Waals surface area contributed by atoms with Crippen LogP contribution in [-0.4, -0.2) is 33.5 Å². The molecule has 1 N–H and O–H groups in total. The maximum atomic E-state index is 13.1. The number of aliphatic carboxylic acids is 1. The van der Waals surface area contributed by atoms with Gasteiger partial charge in [-0.2, -0.15) is 13.2 Å². The third kappa shape index (κ3) is 3.66. The van der Waals surface area contributed by atoms with Crippen molar-refractivity contribution in [3.8, 4) is 0 Å². The first-order valence-corrected chi connectivity index (χ1v) is 7.93. The predicted octanol–water partition coefficient (Wildman–Crippen LogP) is 3.74. The Bertz CT molecular complexity index is 749. The first-order chi connectivity index (χ1) is 11.9. The number of aromatic nitrogens is 1. The van der Waals surface area contributed by atoms with Crippen LogP contribution in [-0.2, 0) is 11.0 Å². The zero-order chi connectivity index (χ0) is 18.0. The molecule has 1 aromatic carbocycles. The van der Waals surface area contributed by atoms with E-state index in [0.29, 0.717) is 30.5 Å². The van der Waals surface area contributed by atoms with Gasteiger partial charge in [-0.15, -0.1) is 0 Å². The van der Waals surface area contributed by atoms with E-state index < -0.39 is 29.8 Å². The average Bonchev–Trinajstić information content (AvgIpc) is 3.05. The van der Waals surface area contributed by atoms with Crippen molar-refractivity contribution < 1.29 is 23.1 Å². The lowest BCUT2D eigenvalue weighted by Crippen LogP contribution is -2.39. The predicted molar refractivity (Wildman–Crippen MR) is 84.9 cm³/mol. The van der Waals surface area contributed by atoms with E-state index in [9.17, 15) is 23.1 Å². The van der Waals surface area contributed by atoms with Crippen LogP contribution in [0.4, 0.5) is 13.2 Å². The molecule has 1 aliphatic heterocycles. The van der Waals surface area contributed by atoms with Crippen molar-refractivity contribution >= 4 is 5.97 Å². The van der Waals surface area contributed by atoms with Gasteiger partial charge in [0.05, 0.1) is 11.6 Å². The Hall–Kier alpha value is -2.41. The zero-order valence-electron chi connectivity index (χ0n) is 13.3. The van der Waals surface area contributed by atoms with Crippen molar-refractivity contribution in [1.82, 2.24) is 9.88 Å². The van der Waals surface area contributed by atoms with Crippen LogP contribution >= 0.6 is 0 Å². The van der Waals surface area contributed by atoms with Crippen molar-refractivity contribution in [3.05, 3.63) is 65.5 Å². The van der Waals surface area contributed by atoms with E-state index in [1.54, 1.807) is 35.5 Å². The number of nitrogens with zero attached hydrogens (tertiary/aromatic N) is 2. The smallest absolute Gasteiger partial charge is 0.416 e. The van der Waals surface area contributed by atoms with E-state index >= 15 is 0 Å². The molecule has 3 rings (SSSR count). The molecule has 1 fully saturated rings. The topological polar surface area (TPSA) is 53.4 Å². The molecule has 1 aliphatic rings. The summed E-state index contributed by atoms with van der Waals surface area (Å²) < 4.78 is 39.3. The Kier molecular flexibility index (Phi) is 4.76. The van der Waals surface area contributed by atoms with Gasteiger partial charge in [-0.25, -0.2) is 0 Å². The second-order valence-corrected chi connectivity index (χ2v) is 6.05. The van der Waals surface area contributed by atoms with Crippen LogP contribution in [0, 0.1) is 0 Å². The summed E-state index contributed by atoms with van der Waals surface area (Å²) in [5.74, 6) is -0.960. The summed E-state index contributed by atoms with van der Waals surface area (Å²) in [4.78, 5) is 17.4. The van der Waals surface area contributed by atoms with Crippen LogP contribution in [0.3, 0.4) is 0 Å². The molecule has 2 unspecified atom stereocenters. The number of carboxylic acid groups (broad SMARTS) is 1. The largest absolute Gasteiger partial charge is 0.480 e. The molecule has 0 radical (unpaired) electrons. The van der Waals surface area contributed by atoms with Gasteiger partial charge in [0.1, 0.15) is 6.04 Å². The molecule has 25 heavy (non-hydrogen) atoms. The number of hydrogen-bond acceptors (Lipinski definition) is 3. The number of halogens is 3. The third-order valence-electron chi connectivity index (χ3n) is 4.44. The summed E-state index contributed by atoms with van der Waals surface area (Å²) in [6.45, 7) is 0.507. The minimum absolute atomic E-state index is 0.413. The first kappa shape index (κ1) is 17.4. The quantitative estimate of drug-likeness (QED) is 0.913. The van der Waals surface area contributed by atoms with Gasteiger partial charge in [0.2, 0.25) is 0 Å². The lowest BCUT2D eigenvalue weighted by Gasteiger charge is -2.32. The second-order valence-electron chi connectivity index (χ2n) is 6.05. The Morgan fingerprint density at radius 3 is 2.64 bits per heavy atom. The van der Waals surface area contributed by atoms with Gasteiger partial charge in [0, 0.05) is 18.9 Å². The van der Waals surface area contributed by atoms with E-state index in [4.69, 9.17) is 0 Å². The lowest BCUT2D eigenvalue weighted by molar-refractivity contribution is -0.143. The fourth-order valence-corrected chi connectivity index (χ4v) is 3.36. The lowest BCUT2D eigenvalue weighted by atomic mass is 9.96. The van der Waals surface area contributed by atoms with Crippen molar-refractivity contribution in [3.63, 3.8) is 0 Å². The van der Waals surface area contributed by atoms with E-state index in [1.807, 2.05) is 0 Å². The number of pyridine rings is 1. The van der Waals surface area contributed by atoms with E-state index in [-0.39, 0.29) is 0 Å². The van der Waals surface area contributed by atoms with Crippen LogP contribution in [0.15, 0.2) is 48.8 Å². The Labute approximate surface area is 142 Å². The van der Waals surface area contributed by atoms with Gasteiger partial charge in [0.15, 0.2) is 0 Å². The van der Waals surface area contributed by atoms with Crippen molar-refractivity contribution in [2.24, 2.45) is 0 Å². The molecule has 2 aromatic rings. The monoisotopic (exact) mass is 350 g/mol. The highest BCUT2D eigenvalue weighted by atomic mass is 19.4. The van der Waals surface area contributed by atoms with E-state index in [2.05, 4.69) is 4.98 Å². The van der Waals surface area contributed by atoms with Crippen molar-refractivity contribution in [2.45, 2.75) is 31.1 Å². The van der Waals surface area contributed by atoms with Gasteiger partial charge >= 0.3 is 12.1 Å². The minimum atomic E-state index is -4.45. The third-order valence-corrected chi connectivity index (χ3v) is 4.44. The minimum Gasteiger partial charge on any atom is -0.480 e. The average molecular weight is 350 g/mol. The molecule has 1 aromatic heterocycles. The van der Waals surface area contributed by atoms with Gasteiger partial charge in [-0.1, -0.05) is 18.2 Å². The normalized spacial score (nSPS) is 19.7. The molecule has 2 heterocycles. The molecule has 0 aliphatic carbocycles. The molecular formula is C18H17F3N2O2. The summed E-state index contributed by atoms with van der Waals surface area (Å²) in [6, 6.07) is 7.21. The first-order valence-electron chi connectivity index (χ1n) is 7.93.